The molecule has 1 aliphatic heterocycles. The SMILES string of the molecule is COc1cc2c(cc1OC)[C@H](C(=O)Nc1cccc(C(F)(F)F)c1)[C@H](c1cccnc1)N(C)C2=O. The van der Waals surface area contributed by atoms with E-state index in [1.807, 2.05) is 0 Å². The van der Waals surface area contributed by atoms with Crippen LogP contribution >= 0.6 is 0 Å². The molecule has 0 saturated carbocycles. The Bertz CT molecular complexity index is 1260. The first-order valence-electron chi connectivity index (χ1n) is 10.6. The Morgan fingerprint density at radius 2 is 1.77 bits per heavy atom. The average molecular weight is 485 g/mol. The van der Waals surface area contributed by atoms with Crippen LogP contribution in [0.4, 0.5) is 18.9 Å². The Labute approximate surface area is 199 Å². The summed E-state index contributed by atoms with van der Waals surface area (Å²) in [4.78, 5) is 32.5. The van der Waals surface area contributed by atoms with Crippen molar-refractivity contribution < 1.29 is 32.2 Å². The summed E-state index contributed by atoms with van der Waals surface area (Å²) in [5, 5.41) is 2.60. The highest BCUT2D eigenvalue weighted by Crippen LogP contribution is 2.46. The van der Waals surface area contributed by atoms with Crippen molar-refractivity contribution in [3.8, 4) is 11.5 Å². The molecule has 1 aromatic heterocycles. The van der Waals surface area contributed by atoms with Gasteiger partial charge >= 0.3 is 6.18 Å². The highest BCUT2D eigenvalue weighted by molar-refractivity contribution is 6.04. The summed E-state index contributed by atoms with van der Waals surface area (Å²) in [6, 6.07) is 10.1. The van der Waals surface area contributed by atoms with Gasteiger partial charge in [-0.2, -0.15) is 13.2 Å². The highest BCUT2D eigenvalue weighted by Gasteiger charge is 2.44. The van der Waals surface area contributed by atoms with E-state index in [-0.39, 0.29) is 17.2 Å². The minimum atomic E-state index is -4.56. The molecule has 182 valence electrons. The van der Waals surface area contributed by atoms with Crippen molar-refractivity contribution in [3.63, 3.8) is 0 Å². The van der Waals surface area contributed by atoms with Gasteiger partial charge in [0.1, 0.15) is 0 Å². The fourth-order valence-corrected chi connectivity index (χ4v) is 4.29. The van der Waals surface area contributed by atoms with Crippen molar-refractivity contribution in [2.24, 2.45) is 0 Å². The number of rotatable bonds is 5. The quantitative estimate of drug-likeness (QED) is 0.568. The van der Waals surface area contributed by atoms with E-state index in [0.717, 1.165) is 12.1 Å². The smallest absolute Gasteiger partial charge is 0.416 e. The molecule has 0 spiro atoms. The predicted molar refractivity (Wildman–Crippen MR) is 121 cm³/mol. The lowest BCUT2D eigenvalue weighted by Gasteiger charge is -2.39. The van der Waals surface area contributed by atoms with Crippen LogP contribution in [0.25, 0.3) is 0 Å². The third kappa shape index (κ3) is 4.51. The number of ether oxygens (including phenoxy) is 2. The fourth-order valence-electron chi connectivity index (χ4n) is 4.29. The van der Waals surface area contributed by atoms with E-state index in [2.05, 4.69) is 10.3 Å². The van der Waals surface area contributed by atoms with Crippen LogP contribution in [0.1, 0.15) is 39.0 Å². The number of nitrogens with zero attached hydrogens (tertiary/aromatic N) is 2. The van der Waals surface area contributed by atoms with Gasteiger partial charge in [0.05, 0.1) is 31.7 Å². The summed E-state index contributed by atoms with van der Waals surface area (Å²) in [5.41, 5.74) is 0.282. The van der Waals surface area contributed by atoms with Crippen LogP contribution in [0, 0.1) is 0 Å². The standard InChI is InChI=1S/C25H22F3N3O4/c1-31-22(14-6-5-9-29-13-14)21(17-11-19(34-2)20(35-3)12-18(17)24(31)33)23(32)30-16-8-4-7-15(10-16)25(26,27)28/h4-13,21-22H,1-3H3,(H,30,32)/t21-,22-/m0/s1. The predicted octanol–water partition coefficient (Wildman–Crippen LogP) is 4.67. The number of fused-ring (bicyclic) bond motifs is 1. The zero-order chi connectivity index (χ0) is 25.3. The number of methoxy groups -OCH3 is 2. The maximum Gasteiger partial charge on any atom is 0.416 e. The first kappa shape index (κ1) is 24.1. The third-order valence-electron chi connectivity index (χ3n) is 5.94. The maximum absolute atomic E-state index is 13.7. The van der Waals surface area contributed by atoms with Crippen molar-refractivity contribution in [3.05, 3.63) is 83.2 Å². The van der Waals surface area contributed by atoms with Crippen LogP contribution in [0.15, 0.2) is 60.9 Å². The van der Waals surface area contributed by atoms with Crippen LogP contribution in [0.3, 0.4) is 0 Å². The number of pyridine rings is 1. The molecule has 2 heterocycles. The molecule has 0 unspecified atom stereocenters. The lowest BCUT2D eigenvalue weighted by atomic mass is 9.79. The van der Waals surface area contributed by atoms with E-state index in [4.69, 9.17) is 9.47 Å². The van der Waals surface area contributed by atoms with E-state index < -0.39 is 29.6 Å². The van der Waals surface area contributed by atoms with Gasteiger partial charge in [-0.15, -0.1) is 0 Å². The fraction of sp³-hybridized carbons (Fsp3) is 0.240. The zero-order valence-electron chi connectivity index (χ0n) is 19.1. The number of aromatic nitrogens is 1. The van der Waals surface area contributed by atoms with Crippen molar-refractivity contribution >= 4 is 17.5 Å². The third-order valence-corrected chi connectivity index (χ3v) is 5.94. The number of hydrogen-bond donors (Lipinski definition) is 1. The number of carbonyl (C=O) groups is 2. The van der Waals surface area contributed by atoms with Crippen molar-refractivity contribution in [2.75, 3.05) is 26.6 Å². The summed E-state index contributed by atoms with van der Waals surface area (Å²) in [6.45, 7) is 0. The Hall–Kier alpha value is -4.08. The normalized spacial score (nSPS) is 17.5. The van der Waals surface area contributed by atoms with E-state index in [0.29, 0.717) is 22.6 Å². The molecule has 2 atom stereocenters. The van der Waals surface area contributed by atoms with Gasteiger partial charge < -0.3 is 19.7 Å². The highest BCUT2D eigenvalue weighted by atomic mass is 19.4. The Morgan fingerprint density at radius 3 is 2.40 bits per heavy atom. The first-order valence-corrected chi connectivity index (χ1v) is 10.6. The lowest BCUT2D eigenvalue weighted by molar-refractivity contribution is -0.137. The number of benzene rings is 2. The minimum absolute atomic E-state index is 0.0173. The van der Waals surface area contributed by atoms with Crippen LogP contribution in [0.2, 0.25) is 0 Å². The molecule has 3 aromatic rings. The monoisotopic (exact) mass is 485 g/mol. The van der Waals surface area contributed by atoms with Crippen LogP contribution in [-0.4, -0.2) is 43.0 Å². The van der Waals surface area contributed by atoms with Gasteiger partial charge in [-0.25, -0.2) is 0 Å². The molecule has 35 heavy (non-hydrogen) atoms. The van der Waals surface area contributed by atoms with E-state index in [9.17, 15) is 22.8 Å². The van der Waals surface area contributed by atoms with E-state index in [1.54, 1.807) is 37.6 Å². The summed E-state index contributed by atoms with van der Waals surface area (Å²) < 4.78 is 50.3. The average Bonchev–Trinajstić information content (AvgIpc) is 2.85. The molecule has 4 rings (SSSR count). The van der Waals surface area contributed by atoms with Gasteiger partial charge in [-0.05, 0) is 47.5 Å². The number of nitrogens with one attached hydrogen (secondary N) is 1. The molecule has 1 N–H and O–H groups in total. The molecule has 0 saturated heterocycles. The van der Waals surface area contributed by atoms with E-state index >= 15 is 0 Å². The summed E-state index contributed by atoms with van der Waals surface area (Å²) >= 11 is 0. The van der Waals surface area contributed by atoms with Crippen molar-refractivity contribution in [1.29, 1.82) is 0 Å². The second-order valence-electron chi connectivity index (χ2n) is 7.99. The molecular weight excluding hydrogens is 463 g/mol. The largest absolute Gasteiger partial charge is 0.493 e. The van der Waals surface area contributed by atoms with Gasteiger partial charge in [0.25, 0.3) is 5.91 Å². The Balaban J connectivity index is 1.85. The first-order chi connectivity index (χ1) is 16.7. The summed E-state index contributed by atoms with van der Waals surface area (Å²) in [7, 11) is 4.42. The summed E-state index contributed by atoms with van der Waals surface area (Å²) in [5.74, 6) is -1.30. The van der Waals surface area contributed by atoms with Crippen LogP contribution in [0.5, 0.6) is 11.5 Å². The van der Waals surface area contributed by atoms with Gasteiger partial charge in [0.15, 0.2) is 11.5 Å². The number of hydrogen-bond acceptors (Lipinski definition) is 5. The number of halogens is 3. The van der Waals surface area contributed by atoms with Gasteiger partial charge in [-0.1, -0.05) is 12.1 Å². The number of alkyl halides is 3. The molecular formula is C25H22F3N3O4. The van der Waals surface area contributed by atoms with Crippen molar-refractivity contribution in [1.82, 2.24) is 9.88 Å². The van der Waals surface area contributed by atoms with Gasteiger partial charge in [0, 0.05) is 30.7 Å². The number of likely N-dealkylation sites (N-methyl/N-ethyl adjacent to an activating group) is 1. The van der Waals surface area contributed by atoms with Gasteiger partial charge in [0.2, 0.25) is 5.91 Å². The van der Waals surface area contributed by atoms with Crippen molar-refractivity contribution in [2.45, 2.75) is 18.1 Å². The molecule has 7 nitrogen and oxygen atoms in total. The van der Waals surface area contributed by atoms with Gasteiger partial charge in [-0.3, -0.25) is 14.6 Å². The van der Waals surface area contributed by atoms with E-state index in [1.165, 1.54) is 37.3 Å². The second kappa shape index (κ2) is 9.28. The Kier molecular flexibility index (Phi) is 6.38. The Morgan fingerprint density at radius 1 is 1.06 bits per heavy atom. The number of anilines is 1. The molecule has 0 bridgehead atoms. The maximum atomic E-state index is 13.7. The molecule has 1 aliphatic rings. The molecule has 0 aliphatic carbocycles. The lowest BCUT2D eigenvalue weighted by Crippen LogP contribution is -2.44. The van der Waals surface area contributed by atoms with Crippen LogP contribution in [-0.2, 0) is 11.0 Å². The molecule has 0 fully saturated rings. The summed E-state index contributed by atoms with van der Waals surface area (Å²) in [6.07, 6.45) is -1.45. The number of carbonyl (C=O) groups excluding carboxylic acids is 2. The number of amides is 2. The zero-order valence-corrected chi connectivity index (χ0v) is 19.1. The second-order valence-corrected chi connectivity index (χ2v) is 7.99. The molecule has 0 radical (unpaired) electrons. The molecule has 10 heteroatoms. The minimum Gasteiger partial charge on any atom is -0.493 e. The topological polar surface area (TPSA) is 80.8 Å². The van der Waals surface area contributed by atoms with Crippen LogP contribution < -0.4 is 14.8 Å². The molecule has 2 aromatic carbocycles. The molecule has 2 amide bonds.